The van der Waals surface area contributed by atoms with Crippen molar-refractivity contribution in [3.8, 4) is 0 Å². The fourth-order valence-corrected chi connectivity index (χ4v) is 2.04. The van der Waals surface area contributed by atoms with E-state index in [-0.39, 0.29) is 5.92 Å². The van der Waals surface area contributed by atoms with Crippen LogP contribution in [0.3, 0.4) is 0 Å². The molecule has 0 saturated heterocycles. The van der Waals surface area contributed by atoms with E-state index in [0.717, 1.165) is 12.8 Å². The molecule has 1 unspecified atom stereocenters. The van der Waals surface area contributed by atoms with E-state index in [1.807, 2.05) is 0 Å². The molecule has 1 saturated carbocycles. The molecule has 2 heterocycles. The normalized spacial score (nSPS) is 16.2. The predicted molar refractivity (Wildman–Crippen MR) is 64.6 cm³/mol. The highest BCUT2D eigenvalue weighted by Gasteiger charge is 2.37. The number of carbonyl (C=O) groups is 2. The number of nitrogens with zero attached hydrogens (tertiary/aromatic N) is 3. The van der Waals surface area contributed by atoms with Gasteiger partial charge in [-0.3, -0.25) is 9.78 Å². The summed E-state index contributed by atoms with van der Waals surface area (Å²) in [5.74, 6) is -1.38. The summed E-state index contributed by atoms with van der Waals surface area (Å²) in [6.45, 7) is 0. The first-order chi connectivity index (χ1) is 9.16. The third-order valence-electron chi connectivity index (χ3n) is 3.22. The van der Waals surface area contributed by atoms with Crippen LogP contribution < -0.4 is 5.32 Å². The van der Waals surface area contributed by atoms with Gasteiger partial charge in [0.15, 0.2) is 0 Å². The molecule has 1 amide bonds. The molecule has 1 aliphatic carbocycles. The molecule has 2 N–H and O–H groups in total. The lowest BCUT2D eigenvalue weighted by molar-refractivity contribution is -0.139. The summed E-state index contributed by atoms with van der Waals surface area (Å²) >= 11 is 0. The molecule has 7 nitrogen and oxygen atoms in total. The minimum atomic E-state index is -0.995. The second kappa shape index (κ2) is 4.34. The first-order valence-electron chi connectivity index (χ1n) is 5.98. The standard InChI is InChI=1S/C12H12N4O3/c17-11(15-10(12(18)19)7-1-2-7)8-5-14-16-4-3-13-6-9(8)16/h3-7,10H,1-2H2,(H,15,17)(H,18,19). The SMILES string of the molecule is O=C(NC(C(=O)O)C1CC1)c1cnn2ccncc12. The summed E-state index contributed by atoms with van der Waals surface area (Å²) in [4.78, 5) is 27.1. The Hall–Kier alpha value is -2.44. The maximum absolute atomic E-state index is 12.1. The van der Waals surface area contributed by atoms with E-state index in [0.29, 0.717) is 11.1 Å². The van der Waals surface area contributed by atoms with Crippen molar-refractivity contribution in [3.63, 3.8) is 0 Å². The summed E-state index contributed by atoms with van der Waals surface area (Å²) in [6.07, 6.45) is 7.81. The molecule has 1 fully saturated rings. The van der Waals surface area contributed by atoms with Gasteiger partial charge in [-0.05, 0) is 18.8 Å². The number of hydrogen-bond acceptors (Lipinski definition) is 4. The van der Waals surface area contributed by atoms with Gasteiger partial charge in [-0.15, -0.1) is 0 Å². The molecule has 0 bridgehead atoms. The highest BCUT2D eigenvalue weighted by Crippen LogP contribution is 2.32. The number of hydrogen-bond donors (Lipinski definition) is 2. The quantitative estimate of drug-likeness (QED) is 0.825. The second-order valence-electron chi connectivity index (χ2n) is 4.59. The lowest BCUT2D eigenvalue weighted by Gasteiger charge is -2.12. The molecule has 0 aromatic carbocycles. The molecule has 3 rings (SSSR count). The topological polar surface area (TPSA) is 96.6 Å². The zero-order chi connectivity index (χ0) is 13.4. The fraction of sp³-hybridized carbons (Fsp3) is 0.333. The van der Waals surface area contributed by atoms with Gasteiger partial charge in [-0.2, -0.15) is 5.10 Å². The number of rotatable bonds is 4. The summed E-state index contributed by atoms with van der Waals surface area (Å²) < 4.78 is 1.52. The number of fused-ring (bicyclic) bond motifs is 1. The molecule has 98 valence electrons. The third-order valence-corrected chi connectivity index (χ3v) is 3.22. The highest BCUT2D eigenvalue weighted by atomic mass is 16.4. The van der Waals surface area contributed by atoms with Crippen molar-refractivity contribution in [1.29, 1.82) is 0 Å². The van der Waals surface area contributed by atoms with Crippen LogP contribution in [0.2, 0.25) is 0 Å². The van der Waals surface area contributed by atoms with Crippen LogP contribution in [0.4, 0.5) is 0 Å². The van der Waals surface area contributed by atoms with E-state index in [4.69, 9.17) is 5.11 Å². The van der Waals surface area contributed by atoms with Crippen molar-refractivity contribution in [2.75, 3.05) is 0 Å². The molecule has 0 radical (unpaired) electrons. The van der Waals surface area contributed by atoms with E-state index in [2.05, 4.69) is 15.4 Å². The average Bonchev–Trinajstić information content (AvgIpc) is 3.14. The molecule has 2 aromatic heterocycles. The average molecular weight is 260 g/mol. The van der Waals surface area contributed by atoms with E-state index >= 15 is 0 Å². The van der Waals surface area contributed by atoms with Gasteiger partial charge in [0.2, 0.25) is 0 Å². The fourth-order valence-electron chi connectivity index (χ4n) is 2.04. The molecule has 1 atom stereocenters. The summed E-state index contributed by atoms with van der Waals surface area (Å²) in [5, 5.41) is 15.7. The number of carboxylic acids is 1. The Balaban J connectivity index is 1.85. The number of amides is 1. The lowest BCUT2D eigenvalue weighted by atomic mass is 10.1. The summed E-state index contributed by atoms with van der Waals surface area (Å²) in [6, 6.07) is -0.820. The first-order valence-corrected chi connectivity index (χ1v) is 5.98. The van der Waals surface area contributed by atoms with Crippen molar-refractivity contribution < 1.29 is 14.7 Å². The van der Waals surface area contributed by atoms with Crippen LogP contribution in [0.5, 0.6) is 0 Å². The van der Waals surface area contributed by atoms with E-state index in [1.165, 1.54) is 16.9 Å². The monoisotopic (exact) mass is 260 g/mol. The van der Waals surface area contributed by atoms with Crippen LogP contribution in [0.1, 0.15) is 23.2 Å². The van der Waals surface area contributed by atoms with Crippen molar-refractivity contribution in [2.45, 2.75) is 18.9 Å². The van der Waals surface area contributed by atoms with Gasteiger partial charge in [0.25, 0.3) is 5.91 Å². The van der Waals surface area contributed by atoms with E-state index < -0.39 is 17.9 Å². The number of aromatic nitrogens is 3. The first kappa shape index (κ1) is 11.6. The van der Waals surface area contributed by atoms with Gasteiger partial charge < -0.3 is 10.4 Å². The van der Waals surface area contributed by atoms with Crippen molar-refractivity contribution in [2.24, 2.45) is 5.92 Å². The lowest BCUT2D eigenvalue weighted by Crippen LogP contribution is -2.42. The molecule has 7 heteroatoms. The number of aliphatic carboxylic acids is 1. The van der Waals surface area contributed by atoms with E-state index in [9.17, 15) is 9.59 Å². The van der Waals surface area contributed by atoms with Gasteiger partial charge in [0.05, 0.1) is 23.5 Å². The molecular formula is C12H12N4O3. The Labute approximate surface area is 108 Å². The van der Waals surface area contributed by atoms with Gasteiger partial charge in [-0.25, -0.2) is 9.31 Å². The number of nitrogens with one attached hydrogen (secondary N) is 1. The maximum Gasteiger partial charge on any atom is 0.326 e. The summed E-state index contributed by atoms with van der Waals surface area (Å²) in [7, 11) is 0. The molecule has 1 aliphatic rings. The zero-order valence-corrected chi connectivity index (χ0v) is 9.98. The van der Waals surface area contributed by atoms with Crippen molar-refractivity contribution >= 4 is 17.4 Å². The molecular weight excluding hydrogens is 248 g/mol. The van der Waals surface area contributed by atoms with Gasteiger partial charge in [-0.1, -0.05) is 0 Å². The highest BCUT2D eigenvalue weighted by molar-refractivity contribution is 6.02. The van der Waals surface area contributed by atoms with Crippen LogP contribution in [0.25, 0.3) is 5.52 Å². The Bertz CT molecular complexity index is 647. The minimum Gasteiger partial charge on any atom is -0.480 e. The Morgan fingerprint density at radius 3 is 2.89 bits per heavy atom. The Morgan fingerprint density at radius 1 is 1.42 bits per heavy atom. The molecule has 0 aliphatic heterocycles. The zero-order valence-electron chi connectivity index (χ0n) is 9.98. The minimum absolute atomic E-state index is 0.0430. The van der Waals surface area contributed by atoms with Gasteiger partial charge in [0.1, 0.15) is 6.04 Å². The van der Waals surface area contributed by atoms with E-state index in [1.54, 1.807) is 12.4 Å². The van der Waals surface area contributed by atoms with Crippen LogP contribution in [-0.4, -0.2) is 37.6 Å². The van der Waals surface area contributed by atoms with Crippen molar-refractivity contribution in [1.82, 2.24) is 19.9 Å². The third kappa shape index (κ3) is 2.14. The largest absolute Gasteiger partial charge is 0.480 e. The smallest absolute Gasteiger partial charge is 0.326 e. The van der Waals surface area contributed by atoms with Crippen LogP contribution in [0, 0.1) is 5.92 Å². The van der Waals surface area contributed by atoms with Crippen LogP contribution in [0.15, 0.2) is 24.8 Å². The molecule has 0 spiro atoms. The predicted octanol–water partition coefficient (Wildman–Crippen LogP) is 0.322. The van der Waals surface area contributed by atoms with Crippen LogP contribution in [-0.2, 0) is 4.79 Å². The Kier molecular flexibility index (Phi) is 2.66. The van der Waals surface area contributed by atoms with Crippen LogP contribution >= 0.6 is 0 Å². The number of carboxylic acid groups (broad SMARTS) is 1. The summed E-state index contributed by atoms with van der Waals surface area (Å²) in [5.41, 5.74) is 0.889. The van der Waals surface area contributed by atoms with Crippen molar-refractivity contribution in [3.05, 3.63) is 30.4 Å². The van der Waals surface area contributed by atoms with Gasteiger partial charge >= 0.3 is 5.97 Å². The van der Waals surface area contributed by atoms with Gasteiger partial charge in [0, 0.05) is 12.4 Å². The Morgan fingerprint density at radius 2 is 2.21 bits per heavy atom. The number of carbonyl (C=O) groups excluding carboxylic acids is 1. The maximum atomic E-state index is 12.1. The molecule has 2 aromatic rings. The molecule has 19 heavy (non-hydrogen) atoms. The second-order valence-corrected chi connectivity index (χ2v) is 4.59.